The van der Waals surface area contributed by atoms with Crippen LogP contribution in [0.2, 0.25) is 0 Å². The van der Waals surface area contributed by atoms with Crippen LogP contribution in [0.25, 0.3) is 40.7 Å². The van der Waals surface area contributed by atoms with Gasteiger partial charge in [0.2, 0.25) is 23.2 Å². The van der Waals surface area contributed by atoms with Gasteiger partial charge in [-0.05, 0) is 64.1 Å². The number of nitrogens with zero attached hydrogens (tertiary/aromatic N) is 8. The highest BCUT2D eigenvalue weighted by Gasteiger charge is 2.41. The second-order valence-corrected chi connectivity index (χ2v) is 15.2. The summed E-state index contributed by atoms with van der Waals surface area (Å²) in [5.41, 5.74) is 2.32. The fourth-order valence-electron chi connectivity index (χ4n) is 5.24. The molecule has 0 bridgehead atoms. The van der Waals surface area contributed by atoms with Crippen molar-refractivity contribution in [2.75, 3.05) is 0 Å². The summed E-state index contributed by atoms with van der Waals surface area (Å²) in [5.74, 6) is 1.10. The molecule has 2 aliphatic heterocycles. The molecule has 0 atom stereocenters. The van der Waals surface area contributed by atoms with E-state index in [2.05, 4.69) is 22.1 Å². The lowest BCUT2D eigenvalue weighted by atomic mass is 9.81. The Morgan fingerprint density at radius 1 is 0.630 bits per heavy atom. The van der Waals surface area contributed by atoms with Crippen molar-refractivity contribution in [3.63, 3.8) is 0 Å². The third-order valence-corrected chi connectivity index (χ3v) is 11.7. The second kappa shape index (κ2) is 10.7. The molecule has 0 N–H and O–H groups in total. The molecular weight excluding hydrogens is 657 g/mol. The molecule has 7 rings (SSSR count). The van der Waals surface area contributed by atoms with Gasteiger partial charge in [0.15, 0.2) is 0 Å². The van der Waals surface area contributed by atoms with Gasteiger partial charge < -0.3 is 9.47 Å². The molecule has 0 fully saturated rings. The van der Waals surface area contributed by atoms with Gasteiger partial charge in [-0.1, -0.05) is 0 Å². The zero-order valence-corrected chi connectivity index (χ0v) is 27.8. The molecule has 0 aliphatic carbocycles. The van der Waals surface area contributed by atoms with Crippen molar-refractivity contribution in [3.8, 4) is 76.7 Å². The van der Waals surface area contributed by atoms with Crippen molar-refractivity contribution in [2.24, 2.45) is 9.98 Å². The second-order valence-electron chi connectivity index (χ2n) is 11.1. The van der Waals surface area contributed by atoms with Crippen LogP contribution in [-0.2, 0) is 11.2 Å². The Labute approximate surface area is 279 Å². The van der Waals surface area contributed by atoms with Gasteiger partial charge in [0.25, 0.3) is 0 Å². The molecule has 6 heterocycles. The van der Waals surface area contributed by atoms with Crippen molar-refractivity contribution in [1.82, 2.24) is 9.97 Å². The molecule has 0 spiro atoms. The molecule has 2 aliphatic rings. The van der Waals surface area contributed by atoms with E-state index in [1.807, 2.05) is 39.8 Å². The maximum atomic E-state index is 9.08. The van der Waals surface area contributed by atoms with Crippen LogP contribution in [0.15, 0.2) is 46.4 Å². The standard InChI is InChI=1S/C32H18N8O2S4/c1-31(2)19-9-18-20(10-17(19)25-27(41-31)39-29(45-25)21-5-7-23(43-21)37-15(11-33)12-34)32(3,4)42-28-26(18)46-30(40-28)22-6-8-24(44-22)38-16(13-35)14-36/h5-10H,1-4H3. The van der Waals surface area contributed by atoms with Crippen LogP contribution in [0.5, 0.6) is 11.8 Å². The Bertz CT molecular complexity index is 2140. The molecule has 14 heteroatoms. The number of hydrogen-bond acceptors (Lipinski definition) is 14. The molecule has 4 aromatic heterocycles. The summed E-state index contributed by atoms with van der Waals surface area (Å²) in [7, 11) is 0. The number of aromatic nitrogens is 2. The monoisotopic (exact) mass is 674 g/mol. The Kier molecular flexibility index (Phi) is 6.86. The van der Waals surface area contributed by atoms with Crippen molar-refractivity contribution in [2.45, 2.75) is 38.9 Å². The van der Waals surface area contributed by atoms with Gasteiger partial charge in [0.05, 0.1) is 19.5 Å². The smallest absolute Gasteiger partial charge is 0.234 e. The minimum atomic E-state index is -0.682. The Morgan fingerprint density at radius 3 is 1.39 bits per heavy atom. The highest BCUT2D eigenvalue weighted by Crippen LogP contribution is 2.56. The fourth-order valence-corrected chi connectivity index (χ4v) is 9.17. The Hall–Kier alpha value is -5.22. The van der Waals surface area contributed by atoms with Crippen molar-refractivity contribution >= 4 is 66.8 Å². The number of aliphatic imine (C=N–C) groups is 2. The van der Waals surface area contributed by atoms with Gasteiger partial charge in [0, 0.05) is 22.3 Å². The number of ether oxygens (including phenoxy) is 2. The first-order valence-electron chi connectivity index (χ1n) is 13.6. The number of benzene rings is 1. The normalized spacial score (nSPS) is 14.3. The van der Waals surface area contributed by atoms with Crippen molar-refractivity contribution in [1.29, 1.82) is 21.0 Å². The van der Waals surface area contributed by atoms with Gasteiger partial charge in [0.1, 0.15) is 55.5 Å². The zero-order valence-electron chi connectivity index (χ0n) is 24.5. The average molecular weight is 675 g/mol. The number of hydrogen-bond donors (Lipinski definition) is 0. The number of thiophene rings is 2. The molecule has 10 nitrogen and oxygen atoms in total. The van der Waals surface area contributed by atoms with Gasteiger partial charge >= 0.3 is 0 Å². The molecule has 46 heavy (non-hydrogen) atoms. The van der Waals surface area contributed by atoms with Crippen LogP contribution in [0.4, 0.5) is 10.0 Å². The van der Waals surface area contributed by atoms with Crippen molar-refractivity contribution < 1.29 is 9.47 Å². The fraction of sp³-hybridized carbons (Fsp3) is 0.188. The maximum Gasteiger partial charge on any atom is 0.234 e. The van der Waals surface area contributed by atoms with E-state index in [1.165, 1.54) is 45.3 Å². The lowest BCUT2D eigenvalue weighted by Crippen LogP contribution is -2.32. The molecule has 0 saturated heterocycles. The van der Waals surface area contributed by atoms with E-state index in [9.17, 15) is 0 Å². The van der Waals surface area contributed by atoms with Gasteiger partial charge in [-0.25, -0.2) is 20.0 Å². The molecule has 222 valence electrons. The topological polar surface area (TPSA) is 164 Å². The predicted molar refractivity (Wildman–Crippen MR) is 179 cm³/mol. The minimum Gasteiger partial charge on any atom is -0.466 e. The average Bonchev–Trinajstić information content (AvgIpc) is 3.84. The van der Waals surface area contributed by atoms with Crippen LogP contribution in [0.1, 0.15) is 38.8 Å². The maximum absolute atomic E-state index is 9.08. The third kappa shape index (κ3) is 4.85. The van der Waals surface area contributed by atoms with E-state index >= 15 is 0 Å². The Morgan fingerprint density at radius 2 is 1.02 bits per heavy atom. The van der Waals surface area contributed by atoms with Crippen molar-refractivity contribution in [3.05, 3.63) is 47.5 Å². The lowest BCUT2D eigenvalue weighted by molar-refractivity contribution is 0.0954. The van der Waals surface area contributed by atoms with E-state index in [0.29, 0.717) is 21.8 Å². The molecule has 1 aromatic carbocycles. The summed E-state index contributed by atoms with van der Waals surface area (Å²) in [4.78, 5) is 21.5. The van der Waals surface area contributed by atoms with E-state index < -0.39 is 11.2 Å². The quantitative estimate of drug-likeness (QED) is 0.171. The highest BCUT2D eigenvalue weighted by molar-refractivity contribution is 7.26. The summed E-state index contributed by atoms with van der Waals surface area (Å²) >= 11 is 5.75. The summed E-state index contributed by atoms with van der Waals surface area (Å²) in [6.45, 7) is 8.10. The van der Waals surface area contributed by atoms with E-state index in [4.69, 9.17) is 40.5 Å². The summed E-state index contributed by atoms with van der Waals surface area (Å²) in [6, 6.07) is 18.8. The summed E-state index contributed by atoms with van der Waals surface area (Å²) in [6.07, 6.45) is 0. The Balaban J connectivity index is 1.31. The summed E-state index contributed by atoms with van der Waals surface area (Å²) < 4.78 is 13.0. The minimum absolute atomic E-state index is 0.198. The van der Waals surface area contributed by atoms with Crippen LogP contribution in [-0.4, -0.2) is 21.4 Å². The number of fused-ring (bicyclic) bond motifs is 6. The number of nitriles is 4. The molecular formula is C32H18N8O2S4. The SMILES string of the molecule is CC1(C)Oc2nc(-c3ccc(N=C(C#N)C#N)s3)sc2-c2cc3c(cc21)-c1sc(-c2ccc(N=C(C#N)C#N)s2)nc1OC3(C)C. The van der Waals surface area contributed by atoms with E-state index in [1.54, 1.807) is 36.4 Å². The number of rotatable bonds is 4. The van der Waals surface area contributed by atoms with Crippen LogP contribution in [0, 0.1) is 45.3 Å². The van der Waals surface area contributed by atoms with Crippen LogP contribution in [0.3, 0.4) is 0 Å². The predicted octanol–water partition coefficient (Wildman–Crippen LogP) is 8.88. The molecule has 0 saturated carbocycles. The molecule has 0 unspecified atom stereocenters. The van der Waals surface area contributed by atoms with Crippen LogP contribution >= 0.6 is 45.3 Å². The van der Waals surface area contributed by atoms with Gasteiger partial charge in [-0.15, -0.1) is 45.3 Å². The first-order valence-corrected chi connectivity index (χ1v) is 16.9. The molecule has 5 aromatic rings. The lowest BCUT2D eigenvalue weighted by Gasteiger charge is -2.37. The third-order valence-electron chi connectivity index (χ3n) is 7.31. The first kappa shape index (κ1) is 29.5. The van der Waals surface area contributed by atoms with Gasteiger partial charge in [-0.2, -0.15) is 21.0 Å². The van der Waals surface area contributed by atoms with Crippen LogP contribution < -0.4 is 9.47 Å². The number of thiazole rings is 2. The van der Waals surface area contributed by atoms with Gasteiger partial charge in [-0.3, -0.25) is 0 Å². The largest absolute Gasteiger partial charge is 0.466 e. The van der Waals surface area contributed by atoms with E-state index in [0.717, 1.165) is 51.8 Å². The summed E-state index contributed by atoms with van der Waals surface area (Å²) in [5, 5.41) is 38.9. The van der Waals surface area contributed by atoms with E-state index in [-0.39, 0.29) is 11.4 Å². The first-order chi connectivity index (χ1) is 22.0. The molecule has 0 radical (unpaired) electrons. The molecule has 0 amide bonds. The highest BCUT2D eigenvalue weighted by atomic mass is 32.1. The zero-order chi connectivity index (χ0) is 32.4.